The monoisotopic (exact) mass is 633 g/mol. The third-order valence-electron chi connectivity index (χ3n) is 5.41. The molecule has 3 N–H and O–H groups in total. The minimum atomic E-state index is -4.09. The lowest BCUT2D eigenvalue weighted by Gasteiger charge is -2.10. The molecule has 0 saturated carbocycles. The van der Waals surface area contributed by atoms with E-state index in [0.717, 1.165) is 28.2 Å². The summed E-state index contributed by atoms with van der Waals surface area (Å²) in [6.07, 6.45) is 0. The lowest BCUT2D eigenvalue weighted by atomic mass is 10.1. The van der Waals surface area contributed by atoms with E-state index in [1.807, 2.05) is 78.9 Å². The highest BCUT2D eigenvalue weighted by molar-refractivity contribution is 7.93. The van der Waals surface area contributed by atoms with E-state index in [9.17, 15) is 16.8 Å². The van der Waals surface area contributed by atoms with Gasteiger partial charge in [0.15, 0.2) is 0 Å². The van der Waals surface area contributed by atoms with Crippen molar-refractivity contribution < 1.29 is 46.2 Å². The lowest BCUT2D eigenvalue weighted by molar-refractivity contribution is -1.73. The Hall–Kier alpha value is -3.80. The van der Waals surface area contributed by atoms with E-state index in [1.165, 1.54) is 12.1 Å². The highest BCUT2D eigenvalue weighted by atomic mass is 35.6. The summed E-state index contributed by atoms with van der Waals surface area (Å²) in [5, 5.41) is 11.8. The molecule has 3 aromatic carbocycles. The Bertz CT molecular complexity index is 1780. The molecule has 0 saturated heterocycles. The predicted octanol–water partition coefficient (Wildman–Crippen LogP) is 0.0300. The van der Waals surface area contributed by atoms with Crippen LogP contribution in [-0.2, 0) is 20.0 Å². The molecule has 2 aromatic heterocycles. The number of hydrogen-bond acceptors (Lipinski definition) is 10. The highest BCUT2D eigenvalue weighted by Crippen LogP contribution is 2.25. The number of nitrogens with one attached hydrogen (secondary N) is 1. The summed E-state index contributed by atoms with van der Waals surface area (Å²) in [6, 6.07) is 32.2. The molecule has 0 aliphatic rings. The standard InChI is InChI=1S/C25H20N5O4S3.ClO3/c26-36(31,32)25-28-27-24(35-25)29-37(33,34)21-16-14-20(15-17-21)30-22(18-8-3-1-4-9-18)12-7-13-23(30)19-10-5-2-6-11-19;2-1(3)4/h1-17H,(H,27,29)(H2,26,31,32);/q+1;-1. The Labute approximate surface area is 242 Å². The first-order valence-corrected chi connectivity index (χ1v) is 16.1. The zero-order chi connectivity index (χ0) is 29.6. The Balaban J connectivity index is 0.000000909. The molecule has 0 atom stereocenters. The number of halogens is 1. The molecule has 0 bridgehead atoms. The summed E-state index contributed by atoms with van der Waals surface area (Å²) in [5.74, 6) is 0. The maximum Gasteiger partial charge on any atom is 0.267 e. The third-order valence-corrected chi connectivity index (χ3v) is 9.04. The smallest absolute Gasteiger partial charge is 0.267 e. The van der Waals surface area contributed by atoms with Gasteiger partial charge in [-0.1, -0.05) is 47.7 Å². The zero-order valence-corrected chi connectivity index (χ0v) is 23.9. The normalized spacial score (nSPS) is 11.5. The van der Waals surface area contributed by atoms with Crippen LogP contribution < -0.4 is 28.4 Å². The number of nitrogens with two attached hydrogens (primary N) is 1. The second-order valence-corrected chi connectivity index (χ2v) is 12.8. The van der Waals surface area contributed by atoms with Crippen LogP contribution in [-0.4, -0.2) is 27.0 Å². The van der Waals surface area contributed by atoms with Crippen molar-refractivity contribution in [2.24, 2.45) is 5.14 Å². The van der Waals surface area contributed by atoms with Crippen molar-refractivity contribution in [3.05, 3.63) is 103 Å². The molecule has 0 unspecified atom stereocenters. The molecule has 5 rings (SSSR count). The van der Waals surface area contributed by atoms with Crippen LogP contribution in [0.3, 0.4) is 0 Å². The average Bonchev–Trinajstić information content (AvgIpc) is 3.42. The molecule has 0 amide bonds. The van der Waals surface area contributed by atoms with E-state index in [2.05, 4.69) is 19.5 Å². The van der Waals surface area contributed by atoms with Gasteiger partial charge < -0.3 is 14.0 Å². The molecule has 0 aliphatic carbocycles. The van der Waals surface area contributed by atoms with Crippen molar-refractivity contribution in [1.29, 1.82) is 0 Å². The van der Waals surface area contributed by atoms with E-state index >= 15 is 0 Å². The molecule has 5 aromatic rings. The molecule has 2 heterocycles. The number of nitrogens with zero attached hydrogens (tertiary/aromatic N) is 3. The number of rotatable bonds is 7. The predicted molar refractivity (Wildman–Crippen MR) is 141 cm³/mol. The van der Waals surface area contributed by atoms with Gasteiger partial charge in [0, 0.05) is 35.4 Å². The van der Waals surface area contributed by atoms with Gasteiger partial charge >= 0.3 is 0 Å². The van der Waals surface area contributed by atoms with E-state index < -0.39 is 35.2 Å². The van der Waals surface area contributed by atoms with Crippen molar-refractivity contribution in [3.63, 3.8) is 0 Å². The summed E-state index contributed by atoms with van der Waals surface area (Å²) in [4.78, 5) is -0.0253. The topological polar surface area (TPSA) is 205 Å². The Kier molecular flexibility index (Phi) is 9.42. The molecular formula is C25H20ClN5O7S3. The van der Waals surface area contributed by atoms with Crippen LogP contribution in [0.15, 0.2) is 112 Å². The molecule has 12 nitrogen and oxygen atoms in total. The average molecular weight is 634 g/mol. The van der Waals surface area contributed by atoms with Crippen LogP contribution in [0.1, 0.15) is 0 Å². The fraction of sp³-hybridized carbons (Fsp3) is 0. The number of aromatic nitrogens is 3. The van der Waals surface area contributed by atoms with Gasteiger partial charge in [-0.25, -0.2) is 22.0 Å². The largest absolute Gasteiger partial charge is 0.357 e. The van der Waals surface area contributed by atoms with Gasteiger partial charge in [-0.2, -0.15) is 4.57 Å². The van der Waals surface area contributed by atoms with Gasteiger partial charge in [-0.15, -0.1) is 10.2 Å². The lowest BCUT2D eigenvalue weighted by Crippen LogP contribution is -2.42. The first kappa shape index (κ1) is 30.2. The van der Waals surface area contributed by atoms with Crippen molar-refractivity contribution in [2.45, 2.75) is 9.24 Å². The first-order valence-electron chi connectivity index (χ1n) is 11.3. The van der Waals surface area contributed by atoms with Gasteiger partial charge in [-0.05, 0) is 42.5 Å². The van der Waals surface area contributed by atoms with E-state index in [4.69, 9.17) is 19.1 Å². The van der Waals surface area contributed by atoms with Crippen molar-refractivity contribution in [2.75, 3.05) is 4.72 Å². The van der Waals surface area contributed by atoms with Crippen LogP contribution in [0.2, 0.25) is 0 Å². The molecule has 0 fully saturated rings. The van der Waals surface area contributed by atoms with E-state index in [1.54, 1.807) is 12.1 Å². The molecular weight excluding hydrogens is 614 g/mol. The molecule has 0 radical (unpaired) electrons. The van der Waals surface area contributed by atoms with Gasteiger partial charge in [0.05, 0.1) is 15.7 Å². The number of primary sulfonamides is 1. The van der Waals surface area contributed by atoms with Crippen molar-refractivity contribution in [3.8, 4) is 28.2 Å². The third kappa shape index (κ3) is 7.69. The zero-order valence-electron chi connectivity index (χ0n) is 20.7. The maximum absolute atomic E-state index is 12.9. The quantitative estimate of drug-likeness (QED) is 0.232. The number of pyridine rings is 1. The number of benzene rings is 3. The highest BCUT2D eigenvalue weighted by Gasteiger charge is 2.24. The minimum Gasteiger partial charge on any atom is -0.357 e. The molecule has 0 aliphatic heterocycles. The SMILES string of the molecule is NS(=O)(=O)c1nnc(NS(=O)(=O)c2ccc(-[n+]3c(-c4ccccc4)cccc3-c3ccccc3)cc2)s1.[O-][Cl+2]([O-])[O-]. The molecule has 0 spiro atoms. The molecule has 41 heavy (non-hydrogen) atoms. The number of hydrogen-bond donors (Lipinski definition) is 2. The maximum atomic E-state index is 12.9. The summed E-state index contributed by atoms with van der Waals surface area (Å²) in [5.41, 5.74) is 4.62. The van der Waals surface area contributed by atoms with Gasteiger partial charge in [0.2, 0.25) is 26.5 Å². The summed E-state index contributed by atoms with van der Waals surface area (Å²) >= 11 is 0.531. The Morgan fingerprint density at radius 1 is 0.707 bits per heavy atom. The van der Waals surface area contributed by atoms with Crippen LogP contribution >= 0.6 is 11.3 Å². The Morgan fingerprint density at radius 3 is 1.63 bits per heavy atom. The van der Waals surface area contributed by atoms with E-state index in [0.29, 0.717) is 11.3 Å². The van der Waals surface area contributed by atoms with Crippen LogP contribution in [0.4, 0.5) is 5.13 Å². The Morgan fingerprint density at radius 2 is 1.20 bits per heavy atom. The minimum absolute atomic E-state index is 0.0253. The van der Waals surface area contributed by atoms with Crippen LogP contribution in [0.5, 0.6) is 0 Å². The van der Waals surface area contributed by atoms with Crippen molar-refractivity contribution in [1.82, 2.24) is 10.2 Å². The van der Waals surface area contributed by atoms with Gasteiger partial charge in [-0.3, -0.25) is 4.72 Å². The summed E-state index contributed by atoms with van der Waals surface area (Å²) in [7, 11) is -11.0. The second-order valence-electron chi connectivity index (χ2n) is 8.07. The summed E-state index contributed by atoms with van der Waals surface area (Å²) < 4.78 is 77.7. The second kappa shape index (κ2) is 12.8. The van der Waals surface area contributed by atoms with E-state index in [-0.39, 0.29) is 10.0 Å². The number of anilines is 1. The summed E-state index contributed by atoms with van der Waals surface area (Å²) in [6.45, 7) is 0. The molecule has 16 heteroatoms. The number of sulfonamides is 2. The van der Waals surface area contributed by atoms with Gasteiger partial charge in [0.1, 0.15) is 0 Å². The van der Waals surface area contributed by atoms with Crippen molar-refractivity contribution >= 4 is 36.5 Å². The van der Waals surface area contributed by atoms with Gasteiger partial charge in [0.25, 0.3) is 20.0 Å². The molecule has 212 valence electrons. The fourth-order valence-corrected chi connectivity index (χ4v) is 6.33. The fourth-order valence-electron chi connectivity index (χ4n) is 3.77. The first-order chi connectivity index (χ1) is 19.5. The van der Waals surface area contributed by atoms with Crippen LogP contribution in [0, 0.1) is 10.8 Å². The van der Waals surface area contributed by atoms with Crippen LogP contribution in [0.25, 0.3) is 28.2 Å².